The summed E-state index contributed by atoms with van der Waals surface area (Å²) >= 11 is 7.63. The maximum atomic E-state index is 12.7. The fourth-order valence-electron chi connectivity index (χ4n) is 3.11. The van der Waals surface area contributed by atoms with Gasteiger partial charge in [0.15, 0.2) is 23.2 Å². The Bertz CT molecular complexity index is 1120. The Kier molecular flexibility index (Phi) is 6.48. The Morgan fingerprint density at radius 2 is 1.87 bits per heavy atom. The number of methoxy groups -OCH3 is 2. The number of ketones is 1. The van der Waals surface area contributed by atoms with E-state index in [0.29, 0.717) is 17.1 Å². The molecule has 0 saturated carbocycles. The smallest absolute Gasteiger partial charge is 0.338 e. The van der Waals surface area contributed by atoms with Crippen molar-refractivity contribution >= 4 is 34.7 Å². The average Bonchev–Trinajstić information content (AvgIpc) is 3.27. The molecule has 0 aliphatic carbocycles. The largest absolute Gasteiger partial charge is 0.493 e. The van der Waals surface area contributed by atoms with Crippen LogP contribution in [0.15, 0.2) is 23.6 Å². The van der Waals surface area contributed by atoms with Gasteiger partial charge in [0.1, 0.15) is 0 Å². The summed E-state index contributed by atoms with van der Waals surface area (Å²) in [5, 5.41) is 2.95. The lowest BCUT2D eigenvalue weighted by Gasteiger charge is -2.11. The molecule has 0 bridgehead atoms. The molecular formula is C21H21ClN2O5S. The molecule has 3 aromatic rings. The molecule has 3 rings (SSSR count). The predicted octanol–water partition coefficient (Wildman–Crippen LogP) is 4.57. The van der Waals surface area contributed by atoms with Gasteiger partial charge in [0.25, 0.3) is 0 Å². The van der Waals surface area contributed by atoms with Crippen molar-refractivity contribution in [1.82, 2.24) is 9.55 Å². The van der Waals surface area contributed by atoms with Crippen LogP contribution in [-0.4, -0.2) is 42.1 Å². The fraction of sp³-hybridized carbons (Fsp3) is 0.286. The van der Waals surface area contributed by atoms with Gasteiger partial charge in [-0.15, -0.1) is 11.3 Å². The Labute approximate surface area is 183 Å². The Balaban J connectivity index is 1.76. The highest BCUT2D eigenvalue weighted by Crippen LogP contribution is 2.36. The molecule has 9 heteroatoms. The molecule has 1 aromatic carbocycles. The second-order valence-electron chi connectivity index (χ2n) is 6.58. The summed E-state index contributed by atoms with van der Waals surface area (Å²) in [6.45, 7) is 5.26. The SMILES string of the molecule is COc1cc(C(=O)OCC(=O)c2cc(C)n(-c3nc(C)cs3)c2C)cc(Cl)c1OC. The highest BCUT2D eigenvalue weighted by Gasteiger charge is 2.21. The van der Waals surface area contributed by atoms with Gasteiger partial charge < -0.3 is 14.2 Å². The van der Waals surface area contributed by atoms with Crippen molar-refractivity contribution in [2.24, 2.45) is 0 Å². The fourth-order valence-corrected chi connectivity index (χ4v) is 4.31. The van der Waals surface area contributed by atoms with Gasteiger partial charge in [-0.25, -0.2) is 9.78 Å². The third kappa shape index (κ3) is 4.20. The van der Waals surface area contributed by atoms with Crippen molar-refractivity contribution in [2.75, 3.05) is 20.8 Å². The van der Waals surface area contributed by atoms with Crippen molar-refractivity contribution in [2.45, 2.75) is 20.8 Å². The first-order valence-corrected chi connectivity index (χ1v) is 10.3. The number of benzene rings is 1. The van der Waals surface area contributed by atoms with E-state index in [9.17, 15) is 9.59 Å². The van der Waals surface area contributed by atoms with E-state index in [-0.39, 0.29) is 16.4 Å². The van der Waals surface area contributed by atoms with E-state index in [0.717, 1.165) is 22.2 Å². The predicted molar refractivity (Wildman–Crippen MR) is 115 cm³/mol. The number of nitrogens with zero attached hydrogens (tertiary/aromatic N) is 2. The molecule has 0 atom stereocenters. The van der Waals surface area contributed by atoms with Crippen LogP contribution >= 0.6 is 22.9 Å². The zero-order chi connectivity index (χ0) is 22.0. The number of ether oxygens (including phenoxy) is 3. The quantitative estimate of drug-likeness (QED) is 0.389. The second kappa shape index (κ2) is 8.89. The van der Waals surface area contributed by atoms with Crippen molar-refractivity contribution in [1.29, 1.82) is 0 Å². The standard InChI is InChI=1S/C21H21ClN2O5S/c1-11-10-30-21(23-11)24-12(2)6-15(13(24)3)17(25)9-29-20(26)14-7-16(22)19(28-5)18(8-14)27-4/h6-8,10H,9H2,1-5H3. The summed E-state index contributed by atoms with van der Waals surface area (Å²) in [5.74, 6) is -0.375. The van der Waals surface area contributed by atoms with Crippen LogP contribution < -0.4 is 9.47 Å². The topological polar surface area (TPSA) is 79.7 Å². The zero-order valence-corrected chi connectivity index (χ0v) is 18.8. The van der Waals surface area contributed by atoms with E-state index in [1.807, 2.05) is 30.7 Å². The number of aryl methyl sites for hydroxylation is 2. The van der Waals surface area contributed by atoms with Gasteiger partial charge in [-0.3, -0.25) is 9.36 Å². The lowest BCUT2D eigenvalue weighted by molar-refractivity contribution is 0.0474. The van der Waals surface area contributed by atoms with E-state index < -0.39 is 12.6 Å². The molecule has 7 nitrogen and oxygen atoms in total. The highest BCUT2D eigenvalue weighted by atomic mass is 35.5. The van der Waals surface area contributed by atoms with Crippen LogP contribution in [0, 0.1) is 20.8 Å². The van der Waals surface area contributed by atoms with Crippen LogP contribution in [0.1, 0.15) is 37.8 Å². The van der Waals surface area contributed by atoms with Gasteiger partial charge in [-0.05, 0) is 39.0 Å². The number of aromatic nitrogens is 2. The minimum atomic E-state index is -0.685. The third-order valence-electron chi connectivity index (χ3n) is 4.53. The number of hydrogen-bond donors (Lipinski definition) is 0. The lowest BCUT2D eigenvalue weighted by atomic mass is 10.1. The van der Waals surface area contributed by atoms with Crippen molar-refractivity contribution < 1.29 is 23.8 Å². The van der Waals surface area contributed by atoms with Gasteiger partial charge >= 0.3 is 5.97 Å². The number of halogens is 1. The number of esters is 1. The summed E-state index contributed by atoms with van der Waals surface area (Å²) in [5.41, 5.74) is 3.19. The van der Waals surface area contributed by atoms with Gasteiger partial charge in [0, 0.05) is 22.3 Å². The molecule has 0 saturated heterocycles. The molecule has 2 heterocycles. The number of hydrogen-bond acceptors (Lipinski definition) is 7. The summed E-state index contributed by atoms with van der Waals surface area (Å²) in [4.78, 5) is 29.6. The molecule has 0 radical (unpaired) electrons. The number of carbonyl (C=O) groups excluding carboxylic acids is 2. The van der Waals surface area contributed by atoms with E-state index in [2.05, 4.69) is 4.98 Å². The van der Waals surface area contributed by atoms with E-state index in [4.69, 9.17) is 25.8 Å². The molecule has 30 heavy (non-hydrogen) atoms. The summed E-state index contributed by atoms with van der Waals surface area (Å²) in [7, 11) is 2.89. The van der Waals surface area contributed by atoms with Crippen LogP contribution in [0.25, 0.3) is 5.13 Å². The Morgan fingerprint density at radius 3 is 2.47 bits per heavy atom. The van der Waals surface area contributed by atoms with Crippen molar-refractivity contribution in [3.63, 3.8) is 0 Å². The van der Waals surface area contributed by atoms with Gasteiger partial charge in [0.2, 0.25) is 5.78 Å². The number of thiazole rings is 1. The maximum absolute atomic E-state index is 12.7. The zero-order valence-electron chi connectivity index (χ0n) is 17.2. The first kappa shape index (κ1) is 21.9. The van der Waals surface area contributed by atoms with Gasteiger partial charge in [-0.1, -0.05) is 11.6 Å². The Hall–Kier alpha value is -2.84. The van der Waals surface area contributed by atoms with Crippen LogP contribution in [-0.2, 0) is 4.74 Å². The Morgan fingerprint density at radius 1 is 1.13 bits per heavy atom. The minimum Gasteiger partial charge on any atom is -0.493 e. The van der Waals surface area contributed by atoms with Crippen LogP contribution in [0.5, 0.6) is 11.5 Å². The van der Waals surface area contributed by atoms with Crippen LogP contribution in [0.3, 0.4) is 0 Å². The molecule has 0 unspecified atom stereocenters. The summed E-state index contributed by atoms with van der Waals surface area (Å²) in [6, 6.07) is 4.64. The normalized spacial score (nSPS) is 10.7. The first-order valence-electron chi connectivity index (χ1n) is 9.00. The molecule has 0 fully saturated rings. The maximum Gasteiger partial charge on any atom is 0.338 e. The molecule has 0 amide bonds. The molecule has 2 aromatic heterocycles. The summed E-state index contributed by atoms with van der Waals surface area (Å²) < 4.78 is 17.5. The van der Waals surface area contributed by atoms with Gasteiger partial charge in [0.05, 0.1) is 30.5 Å². The molecule has 0 N–H and O–H groups in total. The average molecular weight is 449 g/mol. The minimum absolute atomic E-state index is 0.161. The third-order valence-corrected chi connectivity index (χ3v) is 5.76. The van der Waals surface area contributed by atoms with Crippen LogP contribution in [0.2, 0.25) is 5.02 Å². The van der Waals surface area contributed by atoms with E-state index in [1.54, 1.807) is 6.07 Å². The lowest BCUT2D eigenvalue weighted by Crippen LogP contribution is -2.15. The number of Topliss-reactive ketones (excluding diaryl/α,β-unsaturated/α-hetero) is 1. The van der Waals surface area contributed by atoms with E-state index >= 15 is 0 Å². The van der Waals surface area contributed by atoms with E-state index in [1.165, 1.54) is 37.7 Å². The van der Waals surface area contributed by atoms with Gasteiger partial charge in [-0.2, -0.15) is 0 Å². The first-order chi connectivity index (χ1) is 14.3. The second-order valence-corrected chi connectivity index (χ2v) is 7.83. The van der Waals surface area contributed by atoms with Crippen LogP contribution in [0.4, 0.5) is 0 Å². The molecule has 0 aliphatic rings. The van der Waals surface area contributed by atoms with Crippen molar-refractivity contribution in [3.8, 4) is 16.6 Å². The molecule has 0 spiro atoms. The van der Waals surface area contributed by atoms with Crippen molar-refractivity contribution in [3.05, 3.63) is 56.8 Å². The monoisotopic (exact) mass is 448 g/mol. The number of carbonyl (C=O) groups is 2. The molecule has 158 valence electrons. The highest BCUT2D eigenvalue weighted by molar-refractivity contribution is 7.12. The molecule has 0 aliphatic heterocycles. The molecular weight excluding hydrogens is 428 g/mol. The summed E-state index contributed by atoms with van der Waals surface area (Å²) in [6.07, 6.45) is 0. The number of rotatable bonds is 7.